The number of hydrogen-bond acceptors (Lipinski definition) is 7. The maximum atomic E-state index is 17.1. The number of halogens is 3. The molecule has 3 aromatic heterocycles. The maximum Gasteiger partial charge on any atom is 0.319 e. The molecule has 2 saturated heterocycles. The number of hydrogen-bond donors (Lipinski definition) is 0. The van der Waals surface area contributed by atoms with Crippen molar-refractivity contribution in [2.45, 2.75) is 82.8 Å². The molecule has 11 heteroatoms. The van der Waals surface area contributed by atoms with Gasteiger partial charge in [0.15, 0.2) is 12.0 Å². The number of pyridine rings is 1. The molecular weight excluding hydrogens is 694 g/mol. The zero-order valence-corrected chi connectivity index (χ0v) is 27.7. The van der Waals surface area contributed by atoms with Gasteiger partial charge in [-0.05, 0) is 75.3 Å². The number of ether oxygens (including phenoxy) is 2. The number of alkyl halides is 1. The Labute approximate surface area is 275 Å². The highest BCUT2D eigenvalue weighted by Crippen LogP contribution is 2.51. The molecule has 2 saturated carbocycles. The van der Waals surface area contributed by atoms with Crippen molar-refractivity contribution >= 4 is 61.8 Å². The summed E-state index contributed by atoms with van der Waals surface area (Å²) in [5.41, 5.74) is 3.19. The summed E-state index contributed by atoms with van der Waals surface area (Å²) in [6, 6.07) is 2.22. The second-order valence-corrected chi connectivity index (χ2v) is 14.3. The number of benzene rings is 1. The molecular formula is C33H37ClFIN6O2. The van der Waals surface area contributed by atoms with E-state index in [9.17, 15) is 0 Å². The third kappa shape index (κ3) is 5.32. The lowest BCUT2D eigenvalue weighted by molar-refractivity contribution is -0.0366. The Morgan fingerprint density at radius 1 is 1.02 bits per heavy atom. The predicted octanol–water partition coefficient (Wildman–Crippen LogP) is 8.38. The Balaban J connectivity index is 1.29. The average molecular weight is 731 g/mol. The van der Waals surface area contributed by atoms with Crippen molar-refractivity contribution in [2.24, 2.45) is 5.41 Å². The molecule has 4 aliphatic rings. The van der Waals surface area contributed by atoms with E-state index in [0.29, 0.717) is 29.4 Å². The van der Waals surface area contributed by atoms with Gasteiger partial charge in [0, 0.05) is 51.7 Å². The second kappa shape index (κ2) is 11.8. The second-order valence-electron chi connectivity index (χ2n) is 13.1. The first-order valence-electron chi connectivity index (χ1n) is 16.2. The van der Waals surface area contributed by atoms with Gasteiger partial charge in [0.05, 0.1) is 23.7 Å². The Morgan fingerprint density at radius 3 is 2.55 bits per heavy atom. The van der Waals surface area contributed by atoms with Crippen molar-refractivity contribution < 1.29 is 13.9 Å². The van der Waals surface area contributed by atoms with Crippen molar-refractivity contribution in [1.29, 1.82) is 0 Å². The molecule has 232 valence electrons. The van der Waals surface area contributed by atoms with Gasteiger partial charge >= 0.3 is 6.01 Å². The molecule has 0 spiro atoms. The normalized spacial score (nSPS) is 22.0. The minimum Gasteiger partial charge on any atom is -0.463 e. The van der Waals surface area contributed by atoms with Crippen LogP contribution in [0, 0.1) is 11.2 Å². The summed E-state index contributed by atoms with van der Waals surface area (Å²) in [5.74, 6) is 0.520. The van der Waals surface area contributed by atoms with Crippen LogP contribution in [0.25, 0.3) is 33.1 Å². The van der Waals surface area contributed by atoms with Crippen molar-refractivity contribution in [1.82, 2.24) is 24.7 Å². The van der Waals surface area contributed by atoms with Gasteiger partial charge in [0.25, 0.3) is 0 Å². The lowest BCUT2D eigenvalue weighted by atomic mass is 9.95. The van der Waals surface area contributed by atoms with Crippen molar-refractivity contribution in [3.63, 3.8) is 0 Å². The van der Waals surface area contributed by atoms with Crippen LogP contribution in [0.4, 0.5) is 10.2 Å². The number of fused-ring (bicyclic) bond motifs is 2. The van der Waals surface area contributed by atoms with E-state index in [1.807, 2.05) is 16.9 Å². The van der Waals surface area contributed by atoms with E-state index in [-0.39, 0.29) is 34.8 Å². The lowest BCUT2D eigenvalue weighted by Gasteiger charge is -2.24. The minimum absolute atomic E-state index is 0.160. The van der Waals surface area contributed by atoms with Crippen LogP contribution in [-0.4, -0.2) is 55.5 Å². The maximum absolute atomic E-state index is 17.1. The van der Waals surface area contributed by atoms with Gasteiger partial charge in [-0.3, -0.25) is 4.98 Å². The third-order valence-electron chi connectivity index (χ3n) is 9.84. The molecule has 0 bridgehead atoms. The molecule has 8 nitrogen and oxygen atoms in total. The summed E-state index contributed by atoms with van der Waals surface area (Å²) in [5, 5.41) is 6.83. The number of aromatic nitrogens is 5. The molecule has 2 aliphatic heterocycles. The first kappa shape index (κ1) is 29.1. The predicted molar refractivity (Wildman–Crippen MR) is 179 cm³/mol. The molecule has 4 fully saturated rings. The average Bonchev–Trinajstić information content (AvgIpc) is 3.98. The molecule has 2 aliphatic carbocycles. The fourth-order valence-electron chi connectivity index (χ4n) is 6.84. The first-order valence-corrected chi connectivity index (χ1v) is 18.1. The SMILES string of the molecule is Fc1c(-c2c(C3CC3)c(Cl)cc3c2cnn3C2CCCCO2)ncc2c(N3CCCCCC3)nc(OCC3(CI)CC3)nc12. The largest absolute Gasteiger partial charge is 0.463 e. The fraction of sp³-hybridized carbons (Fsp3) is 0.576. The van der Waals surface area contributed by atoms with Gasteiger partial charge in [-0.15, -0.1) is 0 Å². The standard InChI is InChI=1S/C33H37ClFIN6O2/c34-23-15-24-21(17-38-42(24)25-7-3-6-14-43-25)27(26(23)20-8-9-20)30-28(35)29-22(16-37-30)31(41-12-4-1-2-5-13-41)40-32(39-29)44-19-33(18-36)10-11-33/h15-17,20,25H,1-14,18-19H2. The minimum atomic E-state index is -0.465. The van der Waals surface area contributed by atoms with Crippen LogP contribution in [0.1, 0.15) is 88.3 Å². The van der Waals surface area contributed by atoms with Crippen LogP contribution in [0.5, 0.6) is 6.01 Å². The van der Waals surface area contributed by atoms with E-state index in [0.717, 1.165) is 97.3 Å². The third-order valence-corrected chi connectivity index (χ3v) is 11.8. The smallest absolute Gasteiger partial charge is 0.319 e. The summed E-state index contributed by atoms with van der Waals surface area (Å²) >= 11 is 9.45. The summed E-state index contributed by atoms with van der Waals surface area (Å²) < 4.78 is 32.3. The monoisotopic (exact) mass is 730 g/mol. The van der Waals surface area contributed by atoms with Crippen molar-refractivity contribution in [3.05, 3.63) is 34.9 Å². The van der Waals surface area contributed by atoms with Crippen molar-refractivity contribution in [2.75, 3.05) is 35.6 Å². The van der Waals surface area contributed by atoms with E-state index >= 15 is 4.39 Å². The van der Waals surface area contributed by atoms with Crippen LogP contribution in [0.15, 0.2) is 18.5 Å². The van der Waals surface area contributed by atoms with Gasteiger partial charge in [-0.25, -0.2) is 9.07 Å². The lowest BCUT2D eigenvalue weighted by Crippen LogP contribution is -2.26. The molecule has 0 radical (unpaired) electrons. The highest BCUT2D eigenvalue weighted by atomic mass is 127. The summed E-state index contributed by atoms with van der Waals surface area (Å²) in [6.07, 6.45) is 15.3. The fourth-order valence-corrected chi connectivity index (χ4v) is 8.17. The number of anilines is 1. The molecule has 0 N–H and O–H groups in total. The van der Waals surface area contributed by atoms with Crippen LogP contribution < -0.4 is 9.64 Å². The van der Waals surface area contributed by atoms with Gasteiger partial charge in [0.2, 0.25) is 0 Å². The van der Waals surface area contributed by atoms with E-state index < -0.39 is 5.82 Å². The zero-order valence-electron chi connectivity index (χ0n) is 24.8. The molecule has 1 atom stereocenters. The molecule has 0 amide bonds. The van der Waals surface area contributed by atoms with Crippen LogP contribution in [-0.2, 0) is 4.74 Å². The van der Waals surface area contributed by atoms with E-state index in [1.165, 1.54) is 12.8 Å². The summed E-state index contributed by atoms with van der Waals surface area (Å²) in [6.45, 7) is 2.99. The molecule has 44 heavy (non-hydrogen) atoms. The van der Waals surface area contributed by atoms with Gasteiger partial charge < -0.3 is 14.4 Å². The zero-order chi connectivity index (χ0) is 29.8. The van der Waals surface area contributed by atoms with Crippen LogP contribution >= 0.6 is 34.2 Å². The highest BCUT2D eigenvalue weighted by molar-refractivity contribution is 14.1. The van der Waals surface area contributed by atoms with E-state index in [1.54, 1.807) is 6.20 Å². The number of rotatable bonds is 8. The molecule has 1 aromatic carbocycles. The quantitative estimate of drug-likeness (QED) is 0.133. The summed E-state index contributed by atoms with van der Waals surface area (Å²) in [7, 11) is 0. The Kier molecular flexibility index (Phi) is 7.81. The first-order chi connectivity index (χ1) is 21.5. The number of nitrogens with zero attached hydrogens (tertiary/aromatic N) is 6. The topological polar surface area (TPSA) is 78.2 Å². The molecule has 1 unspecified atom stereocenters. The Hall–Kier alpha value is -2.31. The summed E-state index contributed by atoms with van der Waals surface area (Å²) in [4.78, 5) is 16.7. The van der Waals surface area contributed by atoms with Crippen LogP contribution in [0.2, 0.25) is 5.02 Å². The van der Waals surface area contributed by atoms with Gasteiger partial charge in [0.1, 0.15) is 17.0 Å². The van der Waals surface area contributed by atoms with Gasteiger partial charge in [-0.2, -0.15) is 15.1 Å². The van der Waals surface area contributed by atoms with Crippen molar-refractivity contribution in [3.8, 4) is 17.3 Å². The van der Waals surface area contributed by atoms with E-state index in [4.69, 9.17) is 41.1 Å². The molecule has 4 aromatic rings. The Morgan fingerprint density at radius 2 is 1.84 bits per heavy atom. The van der Waals surface area contributed by atoms with E-state index in [2.05, 4.69) is 27.5 Å². The van der Waals surface area contributed by atoms with Gasteiger partial charge in [-0.1, -0.05) is 47.0 Å². The highest BCUT2D eigenvalue weighted by Gasteiger charge is 2.42. The molecule has 8 rings (SSSR count). The Bertz CT molecular complexity index is 1710. The molecule has 5 heterocycles. The van der Waals surface area contributed by atoms with Crippen LogP contribution in [0.3, 0.4) is 0 Å².